The van der Waals surface area contributed by atoms with E-state index in [4.69, 9.17) is 0 Å². The average molecular weight is 294 g/mol. The molecule has 5 heteroatoms. The van der Waals surface area contributed by atoms with Crippen LogP contribution >= 0.6 is 8.03 Å². The first-order valence-electron chi connectivity index (χ1n) is 6.38. The Hall–Kier alpha value is -2.42. The summed E-state index contributed by atoms with van der Waals surface area (Å²) in [4.78, 5) is 19.9. The molecule has 21 heavy (non-hydrogen) atoms. The molecule has 0 spiro atoms. The van der Waals surface area contributed by atoms with Crippen molar-refractivity contribution in [3.8, 4) is 22.5 Å². The van der Waals surface area contributed by atoms with Crippen LogP contribution in [0.1, 0.15) is 0 Å². The van der Waals surface area contributed by atoms with Gasteiger partial charge in [-0.25, -0.2) is 9.97 Å². The van der Waals surface area contributed by atoms with Gasteiger partial charge in [-0.1, -0.05) is 65.2 Å². The van der Waals surface area contributed by atoms with E-state index < -0.39 is 8.03 Å². The van der Waals surface area contributed by atoms with Gasteiger partial charge in [0.1, 0.15) is 5.69 Å². The molecule has 0 aliphatic rings. The van der Waals surface area contributed by atoms with Crippen LogP contribution in [-0.4, -0.2) is 9.97 Å². The fourth-order valence-electron chi connectivity index (χ4n) is 2.05. The van der Waals surface area contributed by atoms with E-state index in [-0.39, 0.29) is 5.44 Å². The fourth-order valence-corrected chi connectivity index (χ4v) is 2.56. The third-order valence-electron chi connectivity index (χ3n) is 3.04. The Bertz CT molecular complexity index is 777. The van der Waals surface area contributed by atoms with Crippen LogP contribution in [0.2, 0.25) is 0 Å². The van der Waals surface area contributed by atoms with Gasteiger partial charge < -0.3 is 4.89 Å². The van der Waals surface area contributed by atoms with Crippen LogP contribution in [0.15, 0.2) is 66.9 Å². The third kappa shape index (κ3) is 2.87. The molecule has 1 aromatic heterocycles. The van der Waals surface area contributed by atoms with Gasteiger partial charge in [0.05, 0.1) is 11.9 Å². The first-order chi connectivity index (χ1) is 10.3. The number of rotatable bonds is 3. The van der Waals surface area contributed by atoms with Crippen molar-refractivity contribution in [2.75, 3.05) is 0 Å². The van der Waals surface area contributed by atoms with Crippen molar-refractivity contribution in [3.05, 3.63) is 66.9 Å². The highest BCUT2D eigenvalue weighted by atomic mass is 31.1. The quantitative estimate of drug-likeness (QED) is 0.696. The number of hydrogen-bond donors (Lipinski definition) is 0. The maximum absolute atomic E-state index is 11.4. The van der Waals surface area contributed by atoms with Crippen molar-refractivity contribution >= 4 is 13.5 Å². The van der Waals surface area contributed by atoms with E-state index in [0.717, 1.165) is 11.1 Å². The fraction of sp³-hybridized carbons (Fsp3) is 0. The van der Waals surface area contributed by atoms with Crippen molar-refractivity contribution in [3.63, 3.8) is 0 Å². The van der Waals surface area contributed by atoms with Crippen LogP contribution in [0.5, 0.6) is 0 Å². The summed E-state index contributed by atoms with van der Waals surface area (Å²) in [6.07, 6.45) is 1.49. The van der Waals surface area contributed by atoms with Gasteiger partial charge in [0, 0.05) is 11.1 Å². The predicted molar refractivity (Wildman–Crippen MR) is 80.1 cm³/mol. The van der Waals surface area contributed by atoms with Crippen molar-refractivity contribution in [2.45, 2.75) is 0 Å². The molecule has 0 amide bonds. The van der Waals surface area contributed by atoms with Crippen LogP contribution in [0, 0.1) is 0 Å². The Kier molecular flexibility index (Phi) is 3.82. The Labute approximate surface area is 123 Å². The number of benzene rings is 2. The number of nitrogens with zero attached hydrogens (tertiary/aromatic N) is 2. The lowest BCUT2D eigenvalue weighted by molar-refractivity contribution is -0.160. The molecule has 0 saturated carbocycles. The summed E-state index contributed by atoms with van der Waals surface area (Å²) in [5.74, 6) is 0. The van der Waals surface area contributed by atoms with Crippen LogP contribution in [0.3, 0.4) is 0 Å². The smallest absolute Gasteiger partial charge is 0.371 e. The van der Waals surface area contributed by atoms with Crippen molar-refractivity contribution < 1.29 is 9.46 Å². The molecule has 4 nitrogen and oxygen atoms in total. The van der Waals surface area contributed by atoms with Gasteiger partial charge in [-0.05, 0) is 0 Å². The summed E-state index contributed by atoms with van der Waals surface area (Å²) in [5, 5.41) is 0. The highest BCUT2D eigenvalue weighted by Crippen LogP contribution is 2.23. The first-order valence-corrected chi connectivity index (χ1v) is 7.56. The minimum atomic E-state index is -2.79. The Morgan fingerprint density at radius 3 is 2.00 bits per heavy atom. The van der Waals surface area contributed by atoms with E-state index in [1.54, 1.807) is 0 Å². The molecule has 0 aliphatic heterocycles. The second-order valence-corrected chi connectivity index (χ2v) is 5.35. The summed E-state index contributed by atoms with van der Waals surface area (Å²) in [6, 6.07) is 18.7. The SMILES string of the molecule is O=[P+]([O-])c1ncc(-c2ccccc2)nc1-c1ccccc1. The molecule has 102 valence electrons. The van der Waals surface area contributed by atoms with Gasteiger partial charge in [-0.15, -0.1) is 0 Å². The lowest BCUT2D eigenvalue weighted by atomic mass is 10.1. The summed E-state index contributed by atoms with van der Waals surface area (Å²) >= 11 is 0. The highest BCUT2D eigenvalue weighted by molar-refractivity contribution is 7.45. The summed E-state index contributed by atoms with van der Waals surface area (Å²) in [6.45, 7) is 0. The first kappa shape index (κ1) is 13.6. The normalized spacial score (nSPS) is 11.2. The van der Waals surface area contributed by atoms with Gasteiger partial charge in [0.25, 0.3) is 0 Å². The van der Waals surface area contributed by atoms with Crippen LogP contribution in [-0.2, 0) is 4.57 Å². The Balaban J connectivity index is 2.18. The zero-order valence-corrected chi connectivity index (χ0v) is 11.9. The molecule has 0 fully saturated rings. The van der Waals surface area contributed by atoms with Gasteiger partial charge in [-0.3, -0.25) is 0 Å². The van der Waals surface area contributed by atoms with E-state index in [0.29, 0.717) is 11.4 Å². The van der Waals surface area contributed by atoms with Crippen LogP contribution < -0.4 is 10.3 Å². The van der Waals surface area contributed by atoms with E-state index >= 15 is 0 Å². The van der Waals surface area contributed by atoms with Crippen molar-refractivity contribution in [2.24, 2.45) is 0 Å². The van der Waals surface area contributed by atoms with Gasteiger partial charge in [-0.2, -0.15) is 0 Å². The topological polar surface area (TPSA) is 65.9 Å². The molecule has 0 bridgehead atoms. The minimum Gasteiger partial charge on any atom is -0.589 e. The zero-order valence-electron chi connectivity index (χ0n) is 11.0. The van der Waals surface area contributed by atoms with Crippen LogP contribution in [0.25, 0.3) is 22.5 Å². The molecule has 1 atom stereocenters. The monoisotopic (exact) mass is 294 g/mol. The summed E-state index contributed by atoms with van der Waals surface area (Å²) in [7, 11) is -2.79. The van der Waals surface area contributed by atoms with E-state index in [1.807, 2.05) is 60.7 Å². The summed E-state index contributed by atoms with van der Waals surface area (Å²) in [5.41, 5.74) is 2.66. The highest BCUT2D eigenvalue weighted by Gasteiger charge is 2.20. The van der Waals surface area contributed by atoms with Crippen molar-refractivity contribution in [1.29, 1.82) is 0 Å². The summed E-state index contributed by atoms with van der Waals surface area (Å²) < 4.78 is 11.4. The molecule has 1 unspecified atom stereocenters. The van der Waals surface area contributed by atoms with Crippen molar-refractivity contribution in [1.82, 2.24) is 9.97 Å². The maximum Gasteiger partial charge on any atom is 0.371 e. The molecule has 0 aliphatic carbocycles. The van der Waals surface area contributed by atoms with E-state index in [1.165, 1.54) is 6.20 Å². The standard InChI is InChI=1S/C16H11N2O2P/c19-21(20)16-15(13-9-5-2-6-10-13)18-14(11-17-16)12-7-3-1-4-8-12/h1-11H. The lowest BCUT2D eigenvalue weighted by Gasteiger charge is -2.05. The zero-order chi connectivity index (χ0) is 14.7. The van der Waals surface area contributed by atoms with Gasteiger partial charge in [0.2, 0.25) is 0 Å². The largest absolute Gasteiger partial charge is 0.589 e. The third-order valence-corrected chi connectivity index (χ3v) is 3.72. The molecule has 0 radical (unpaired) electrons. The average Bonchev–Trinajstić information content (AvgIpc) is 2.56. The van der Waals surface area contributed by atoms with E-state index in [2.05, 4.69) is 9.97 Å². The predicted octanol–water partition coefficient (Wildman–Crippen LogP) is 2.54. The lowest BCUT2D eigenvalue weighted by Crippen LogP contribution is -2.14. The molecule has 2 aromatic carbocycles. The molecule has 0 N–H and O–H groups in total. The molecule has 0 saturated heterocycles. The molecule has 3 rings (SSSR count). The molecule has 3 aromatic rings. The van der Waals surface area contributed by atoms with Gasteiger partial charge in [0.15, 0.2) is 0 Å². The second kappa shape index (κ2) is 5.92. The van der Waals surface area contributed by atoms with Crippen LogP contribution in [0.4, 0.5) is 0 Å². The minimum absolute atomic E-state index is 0.00381. The second-order valence-electron chi connectivity index (χ2n) is 4.42. The maximum atomic E-state index is 11.4. The Morgan fingerprint density at radius 1 is 0.857 bits per heavy atom. The van der Waals surface area contributed by atoms with E-state index in [9.17, 15) is 9.46 Å². The molecular formula is C16H11N2O2P. The number of aromatic nitrogens is 2. The van der Waals surface area contributed by atoms with Gasteiger partial charge >= 0.3 is 13.5 Å². The molecule has 1 heterocycles. The Morgan fingerprint density at radius 2 is 1.43 bits per heavy atom. The number of hydrogen-bond acceptors (Lipinski definition) is 4. The molecular weight excluding hydrogens is 283 g/mol.